The standard InChI is InChI=1S/C11H7FN2O2/c12-10(11(15)16)14-4-3-8-2-1-7(6-13)5-9(8)14/h1-5,10H,(H,15,16). The summed E-state index contributed by atoms with van der Waals surface area (Å²) in [6.45, 7) is 0. The van der Waals surface area contributed by atoms with E-state index in [0.717, 1.165) is 4.57 Å². The average molecular weight is 218 g/mol. The first-order valence-corrected chi connectivity index (χ1v) is 4.51. The Kier molecular flexibility index (Phi) is 2.33. The molecule has 1 heterocycles. The minimum atomic E-state index is -2.13. The van der Waals surface area contributed by atoms with Crippen LogP contribution in [0.15, 0.2) is 30.5 Å². The number of rotatable bonds is 2. The Labute approximate surface area is 90.1 Å². The van der Waals surface area contributed by atoms with Crippen LogP contribution in [0, 0.1) is 11.3 Å². The Morgan fingerprint density at radius 1 is 1.50 bits per heavy atom. The fourth-order valence-electron chi connectivity index (χ4n) is 1.54. The Balaban J connectivity index is 2.63. The SMILES string of the molecule is N#Cc1ccc2ccn(C(F)C(=O)O)c2c1. The third kappa shape index (κ3) is 1.50. The summed E-state index contributed by atoms with van der Waals surface area (Å²) >= 11 is 0. The minimum absolute atomic E-state index is 0.366. The van der Waals surface area contributed by atoms with Gasteiger partial charge in [0.05, 0.1) is 17.1 Å². The molecule has 0 aliphatic carbocycles. The molecule has 0 fully saturated rings. The van der Waals surface area contributed by atoms with Gasteiger partial charge in [-0.2, -0.15) is 5.26 Å². The number of fused-ring (bicyclic) bond motifs is 1. The van der Waals surface area contributed by atoms with Crippen molar-refractivity contribution in [3.05, 3.63) is 36.0 Å². The molecule has 0 spiro atoms. The van der Waals surface area contributed by atoms with Gasteiger partial charge in [0.2, 0.25) is 0 Å². The summed E-state index contributed by atoms with van der Waals surface area (Å²) in [5.74, 6) is -1.56. The van der Waals surface area contributed by atoms with Crippen molar-refractivity contribution in [2.75, 3.05) is 0 Å². The maximum atomic E-state index is 13.3. The summed E-state index contributed by atoms with van der Waals surface area (Å²) in [5, 5.41) is 18.0. The molecule has 0 aliphatic rings. The van der Waals surface area contributed by atoms with Crippen LogP contribution in [0.4, 0.5) is 4.39 Å². The highest BCUT2D eigenvalue weighted by atomic mass is 19.1. The molecule has 0 saturated heterocycles. The first kappa shape index (κ1) is 10.2. The lowest BCUT2D eigenvalue weighted by Crippen LogP contribution is -2.13. The van der Waals surface area contributed by atoms with E-state index < -0.39 is 12.3 Å². The lowest BCUT2D eigenvalue weighted by Gasteiger charge is -2.06. The van der Waals surface area contributed by atoms with E-state index in [4.69, 9.17) is 10.4 Å². The van der Waals surface area contributed by atoms with Gasteiger partial charge in [-0.1, -0.05) is 6.07 Å². The first-order chi connectivity index (χ1) is 7.63. The van der Waals surface area contributed by atoms with Gasteiger partial charge in [-0.3, -0.25) is 0 Å². The predicted octanol–water partition coefficient (Wildman–Crippen LogP) is 2.07. The second-order valence-electron chi connectivity index (χ2n) is 3.28. The quantitative estimate of drug-likeness (QED) is 0.838. The fraction of sp³-hybridized carbons (Fsp3) is 0.0909. The number of hydrogen-bond donors (Lipinski definition) is 1. The van der Waals surface area contributed by atoms with Crippen molar-refractivity contribution in [1.29, 1.82) is 5.26 Å². The van der Waals surface area contributed by atoms with Crippen molar-refractivity contribution in [3.63, 3.8) is 0 Å². The highest BCUT2D eigenvalue weighted by molar-refractivity contribution is 5.83. The van der Waals surface area contributed by atoms with Crippen molar-refractivity contribution < 1.29 is 14.3 Å². The summed E-state index contributed by atoms with van der Waals surface area (Å²) in [5.41, 5.74) is 0.763. The number of nitriles is 1. The molecule has 2 aromatic rings. The van der Waals surface area contributed by atoms with Crippen LogP contribution in [0.5, 0.6) is 0 Å². The molecule has 80 valence electrons. The Morgan fingerprint density at radius 3 is 2.88 bits per heavy atom. The predicted molar refractivity (Wildman–Crippen MR) is 54.4 cm³/mol. The van der Waals surface area contributed by atoms with Crippen LogP contribution in [-0.2, 0) is 4.79 Å². The summed E-state index contributed by atoms with van der Waals surface area (Å²) < 4.78 is 14.3. The third-order valence-electron chi connectivity index (χ3n) is 2.30. The number of aromatic nitrogens is 1. The van der Waals surface area contributed by atoms with Crippen molar-refractivity contribution in [3.8, 4) is 6.07 Å². The second kappa shape index (κ2) is 3.66. The van der Waals surface area contributed by atoms with E-state index in [2.05, 4.69) is 0 Å². The van der Waals surface area contributed by atoms with E-state index in [-0.39, 0.29) is 0 Å². The van der Waals surface area contributed by atoms with Crippen molar-refractivity contribution in [1.82, 2.24) is 4.57 Å². The number of halogens is 1. The third-order valence-corrected chi connectivity index (χ3v) is 2.30. The molecule has 5 heteroatoms. The normalized spacial score (nSPS) is 12.2. The second-order valence-corrected chi connectivity index (χ2v) is 3.28. The van der Waals surface area contributed by atoms with Gasteiger partial charge in [0.1, 0.15) is 0 Å². The highest BCUT2D eigenvalue weighted by Crippen LogP contribution is 2.22. The summed E-state index contributed by atoms with van der Waals surface area (Å²) in [4.78, 5) is 10.5. The summed E-state index contributed by atoms with van der Waals surface area (Å²) in [6.07, 6.45) is -0.781. The van der Waals surface area contributed by atoms with E-state index in [9.17, 15) is 9.18 Å². The van der Waals surface area contributed by atoms with Gasteiger partial charge in [0, 0.05) is 6.20 Å². The molecule has 0 saturated carbocycles. The molecule has 0 radical (unpaired) electrons. The number of hydrogen-bond acceptors (Lipinski definition) is 2. The lowest BCUT2D eigenvalue weighted by atomic mass is 10.2. The van der Waals surface area contributed by atoms with Crippen LogP contribution >= 0.6 is 0 Å². The first-order valence-electron chi connectivity index (χ1n) is 4.51. The number of carbonyl (C=O) groups is 1. The molecular formula is C11H7FN2O2. The number of nitrogens with zero attached hydrogens (tertiary/aromatic N) is 2. The van der Waals surface area contributed by atoms with Crippen molar-refractivity contribution in [2.45, 2.75) is 6.30 Å². The lowest BCUT2D eigenvalue weighted by molar-refractivity contribution is -0.146. The minimum Gasteiger partial charge on any atom is -0.478 e. The molecule has 1 aromatic heterocycles. The van der Waals surface area contributed by atoms with Crippen LogP contribution in [-0.4, -0.2) is 15.6 Å². The largest absolute Gasteiger partial charge is 0.478 e. The van der Waals surface area contributed by atoms with Crippen LogP contribution in [0.1, 0.15) is 11.9 Å². The van der Waals surface area contributed by atoms with E-state index in [1.54, 1.807) is 18.2 Å². The van der Waals surface area contributed by atoms with Crippen LogP contribution in [0.3, 0.4) is 0 Å². The summed E-state index contributed by atoms with van der Waals surface area (Å²) in [7, 11) is 0. The molecule has 1 atom stereocenters. The Morgan fingerprint density at radius 2 is 2.25 bits per heavy atom. The molecule has 1 unspecified atom stereocenters. The van der Waals surface area contributed by atoms with E-state index in [1.807, 2.05) is 6.07 Å². The molecule has 1 N–H and O–H groups in total. The number of alkyl halides is 1. The smallest absolute Gasteiger partial charge is 0.359 e. The van der Waals surface area contributed by atoms with Gasteiger partial charge < -0.3 is 9.67 Å². The molecular weight excluding hydrogens is 211 g/mol. The summed E-state index contributed by atoms with van der Waals surface area (Å²) in [6, 6.07) is 8.24. The van der Waals surface area contributed by atoms with Gasteiger partial charge >= 0.3 is 5.97 Å². The molecule has 2 rings (SSSR count). The molecule has 0 aliphatic heterocycles. The van der Waals surface area contributed by atoms with Crippen molar-refractivity contribution >= 4 is 16.9 Å². The number of carboxylic acid groups (broad SMARTS) is 1. The van der Waals surface area contributed by atoms with E-state index in [0.29, 0.717) is 16.5 Å². The van der Waals surface area contributed by atoms with Gasteiger partial charge in [0.15, 0.2) is 0 Å². The van der Waals surface area contributed by atoms with Crippen LogP contribution in [0.25, 0.3) is 10.9 Å². The molecule has 4 nitrogen and oxygen atoms in total. The monoisotopic (exact) mass is 218 g/mol. The average Bonchev–Trinajstić information content (AvgIpc) is 2.70. The fourth-order valence-corrected chi connectivity index (χ4v) is 1.54. The van der Waals surface area contributed by atoms with E-state index in [1.165, 1.54) is 12.3 Å². The topological polar surface area (TPSA) is 66.0 Å². The van der Waals surface area contributed by atoms with Crippen LogP contribution < -0.4 is 0 Å². The highest BCUT2D eigenvalue weighted by Gasteiger charge is 2.19. The van der Waals surface area contributed by atoms with Gasteiger partial charge in [-0.25, -0.2) is 9.18 Å². The molecule has 1 aromatic carbocycles. The number of benzene rings is 1. The maximum absolute atomic E-state index is 13.3. The molecule has 0 bridgehead atoms. The van der Waals surface area contributed by atoms with Crippen LogP contribution in [0.2, 0.25) is 0 Å². The molecule has 0 amide bonds. The van der Waals surface area contributed by atoms with Gasteiger partial charge in [-0.05, 0) is 23.6 Å². The Hall–Kier alpha value is -2.35. The maximum Gasteiger partial charge on any atom is 0.359 e. The zero-order chi connectivity index (χ0) is 11.7. The number of carboxylic acids is 1. The van der Waals surface area contributed by atoms with E-state index >= 15 is 0 Å². The Bertz CT molecular complexity index is 598. The van der Waals surface area contributed by atoms with Gasteiger partial charge in [-0.15, -0.1) is 0 Å². The molecule has 16 heavy (non-hydrogen) atoms. The zero-order valence-corrected chi connectivity index (χ0v) is 8.09. The van der Waals surface area contributed by atoms with Gasteiger partial charge in [0.25, 0.3) is 6.30 Å². The van der Waals surface area contributed by atoms with Crippen molar-refractivity contribution in [2.24, 2.45) is 0 Å². The zero-order valence-electron chi connectivity index (χ0n) is 8.09. The number of aliphatic carboxylic acids is 1.